The number of hydrazine groups is 1. The van der Waals surface area contributed by atoms with Crippen LogP contribution in [0.15, 0.2) is 30.6 Å². The number of carbonyl (C=O) groups excluding carboxylic acids is 1. The topological polar surface area (TPSA) is 90.4 Å². The molecule has 110 valence electrons. The summed E-state index contributed by atoms with van der Waals surface area (Å²) >= 11 is 0. The Kier molecular flexibility index (Phi) is 4.46. The summed E-state index contributed by atoms with van der Waals surface area (Å²) in [6.07, 6.45) is 2.80. The zero-order chi connectivity index (χ0) is 15.4. The monoisotopic (exact) mass is 287 g/mol. The highest BCUT2D eigenvalue weighted by Gasteiger charge is 2.12. The van der Waals surface area contributed by atoms with Gasteiger partial charge in [-0.2, -0.15) is 0 Å². The van der Waals surface area contributed by atoms with Gasteiger partial charge in [0.25, 0.3) is 5.91 Å². The summed E-state index contributed by atoms with van der Waals surface area (Å²) in [5.41, 5.74) is 5.14. The average molecular weight is 287 g/mol. The molecular weight excluding hydrogens is 270 g/mol. The molecular formula is C14H17N5O2. The maximum Gasteiger partial charge on any atom is 0.272 e. The van der Waals surface area contributed by atoms with E-state index in [1.165, 1.54) is 19.4 Å². The minimum Gasteiger partial charge on any atom is -0.324 e. The Balaban J connectivity index is 2.18. The van der Waals surface area contributed by atoms with Gasteiger partial charge in [0.05, 0.1) is 5.56 Å². The summed E-state index contributed by atoms with van der Waals surface area (Å²) in [4.78, 5) is 20.0. The number of rotatable bonds is 4. The smallest absolute Gasteiger partial charge is 0.272 e. The van der Waals surface area contributed by atoms with Crippen molar-refractivity contribution in [3.05, 3.63) is 47.3 Å². The fourth-order valence-electron chi connectivity index (χ4n) is 1.87. The molecule has 0 atom stereocenters. The number of carbonyl (C=O) groups is 1. The number of nitrogens with zero attached hydrogens (tertiary/aromatic N) is 3. The van der Waals surface area contributed by atoms with Crippen LogP contribution in [0.25, 0.3) is 0 Å². The lowest BCUT2D eigenvalue weighted by Gasteiger charge is -2.14. The molecule has 1 amide bonds. The third kappa shape index (κ3) is 3.33. The van der Waals surface area contributed by atoms with Gasteiger partial charge in [-0.1, -0.05) is 18.2 Å². The van der Waals surface area contributed by atoms with Gasteiger partial charge in [-0.3, -0.25) is 15.0 Å². The van der Waals surface area contributed by atoms with E-state index < -0.39 is 5.91 Å². The Morgan fingerprint density at radius 2 is 1.76 bits per heavy atom. The van der Waals surface area contributed by atoms with E-state index in [0.29, 0.717) is 5.95 Å². The highest BCUT2D eigenvalue weighted by molar-refractivity contribution is 5.93. The van der Waals surface area contributed by atoms with Crippen molar-refractivity contribution in [2.24, 2.45) is 0 Å². The van der Waals surface area contributed by atoms with E-state index in [-0.39, 0.29) is 5.56 Å². The van der Waals surface area contributed by atoms with Gasteiger partial charge in [0.15, 0.2) is 0 Å². The first kappa shape index (κ1) is 14.9. The Labute approximate surface area is 122 Å². The second kappa shape index (κ2) is 6.29. The van der Waals surface area contributed by atoms with Crippen LogP contribution in [-0.4, -0.2) is 33.1 Å². The van der Waals surface area contributed by atoms with Gasteiger partial charge in [-0.05, 0) is 25.0 Å². The lowest BCUT2D eigenvalue weighted by atomic mass is 10.1. The number of benzene rings is 1. The molecule has 7 heteroatoms. The number of hydrogen-bond acceptors (Lipinski definition) is 6. The van der Waals surface area contributed by atoms with Crippen molar-refractivity contribution in [2.45, 2.75) is 13.8 Å². The van der Waals surface area contributed by atoms with Gasteiger partial charge in [0, 0.05) is 25.1 Å². The van der Waals surface area contributed by atoms with Crippen molar-refractivity contribution in [3.8, 4) is 0 Å². The van der Waals surface area contributed by atoms with E-state index in [0.717, 1.165) is 21.8 Å². The van der Waals surface area contributed by atoms with Crippen molar-refractivity contribution < 1.29 is 10.0 Å². The Bertz CT molecular complexity index is 622. The van der Waals surface area contributed by atoms with Gasteiger partial charge in [0.1, 0.15) is 0 Å². The van der Waals surface area contributed by atoms with Crippen molar-refractivity contribution in [1.29, 1.82) is 0 Å². The fraction of sp³-hybridized carbons (Fsp3) is 0.214. The summed E-state index contributed by atoms with van der Waals surface area (Å²) < 4.78 is 0. The lowest BCUT2D eigenvalue weighted by molar-refractivity contribution is 0.00439. The summed E-state index contributed by atoms with van der Waals surface area (Å²) in [5.74, 6) is -0.0281. The Morgan fingerprint density at radius 1 is 1.19 bits per heavy atom. The second-order valence-corrected chi connectivity index (χ2v) is 4.65. The number of anilines is 2. The highest BCUT2D eigenvalue weighted by Crippen LogP contribution is 2.22. The largest absolute Gasteiger partial charge is 0.324 e. The van der Waals surface area contributed by atoms with Gasteiger partial charge in [-0.15, -0.1) is 5.59 Å². The summed E-state index contributed by atoms with van der Waals surface area (Å²) in [6.45, 7) is 3.99. The van der Waals surface area contributed by atoms with Crippen molar-refractivity contribution in [2.75, 3.05) is 12.4 Å². The predicted molar refractivity (Wildman–Crippen MR) is 78.2 cm³/mol. The Morgan fingerprint density at radius 3 is 2.29 bits per heavy atom. The van der Waals surface area contributed by atoms with E-state index in [2.05, 4.69) is 15.3 Å². The predicted octanol–water partition coefficient (Wildman–Crippen LogP) is 1.80. The molecule has 1 heterocycles. The fourth-order valence-corrected chi connectivity index (χ4v) is 1.87. The second-order valence-electron chi connectivity index (χ2n) is 4.65. The SMILES string of the molecule is Cc1cccc(C)c1Nc1ncc(C(=O)N(C)NO)cn1. The average Bonchev–Trinajstić information content (AvgIpc) is 2.50. The summed E-state index contributed by atoms with van der Waals surface area (Å²) in [7, 11) is 1.39. The van der Waals surface area contributed by atoms with Gasteiger partial charge in [0.2, 0.25) is 5.95 Å². The molecule has 0 saturated heterocycles. The molecule has 21 heavy (non-hydrogen) atoms. The molecule has 1 aromatic heterocycles. The maximum absolute atomic E-state index is 11.8. The van der Waals surface area contributed by atoms with Crippen molar-refractivity contribution in [1.82, 2.24) is 20.6 Å². The standard InChI is InChI=1S/C14H17N5O2/c1-9-5-4-6-10(2)12(9)17-14-15-7-11(8-16-14)13(20)19(3)18-21/h4-8,18,21H,1-3H3,(H,15,16,17). The molecule has 3 N–H and O–H groups in total. The first-order valence-corrected chi connectivity index (χ1v) is 6.36. The zero-order valence-electron chi connectivity index (χ0n) is 12.1. The van der Waals surface area contributed by atoms with Crippen LogP contribution in [0.1, 0.15) is 21.5 Å². The molecule has 0 spiro atoms. The van der Waals surface area contributed by atoms with E-state index in [1.54, 1.807) is 5.59 Å². The molecule has 0 unspecified atom stereocenters. The third-order valence-corrected chi connectivity index (χ3v) is 3.07. The normalized spacial score (nSPS) is 10.3. The van der Waals surface area contributed by atoms with Crippen LogP contribution in [-0.2, 0) is 0 Å². The molecule has 0 aliphatic rings. The third-order valence-electron chi connectivity index (χ3n) is 3.07. The van der Waals surface area contributed by atoms with Crippen LogP contribution in [0.5, 0.6) is 0 Å². The molecule has 0 saturated carbocycles. The molecule has 7 nitrogen and oxygen atoms in total. The van der Waals surface area contributed by atoms with E-state index in [9.17, 15) is 4.79 Å². The summed E-state index contributed by atoms with van der Waals surface area (Å²) in [6, 6.07) is 5.97. The maximum atomic E-state index is 11.8. The number of aromatic nitrogens is 2. The molecule has 0 radical (unpaired) electrons. The Hall–Kier alpha value is -2.51. The van der Waals surface area contributed by atoms with Crippen LogP contribution in [0.2, 0.25) is 0 Å². The van der Waals surface area contributed by atoms with Gasteiger partial charge < -0.3 is 5.32 Å². The van der Waals surface area contributed by atoms with Gasteiger partial charge >= 0.3 is 0 Å². The molecule has 0 fully saturated rings. The van der Waals surface area contributed by atoms with Crippen LogP contribution >= 0.6 is 0 Å². The first-order chi connectivity index (χ1) is 10.0. The molecule has 2 rings (SSSR count). The first-order valence-electron chi connectivity index (χ1n) is 6.36. The van der Waals surface area contributed by atoms with E-state index >= 15 is 0 Å². The molecule has 0 aliphatic heterocycles. The lowest BCUT2D eigenvalue weighted by Crippen LogP contribution is -2.37. The highest BCUT2D eigenvalue weighted by atomic mass is 16.5. The molecule has 1 aromatic carbocycles. The van der Waals surface area contributed by atoms with Crippen molar-refractivity contribution >= 4 is 17.5 Å². The zero-order valence-corrected chi connectivity index (χ0v) is 12.1. The minimum atomic E-state index is -0.434. The van der Waals surface area contributed by atoms with Crippen LogP contribution in [0.3, 0.4) is 0 Å². The quantitative estimate of drug-likeness (QED) is 0.743. The minimum absolute atomic E-state index is 0.270. The molecule has 0 aliphatic carbocycles. The van der Waals surface area contributed by atoms with E-state index in [1.807, 2.05) is 32.0 Å². The number of nitrogens with one attached hydrogen (secondary N) is 2. The number of para-hydroxylation sites is 1. The summed E-state index contributed by atoms with van der Waals surface area (Å²) in [5, 5.41) is 12.7. The van der Waals surface area contributed by atoms with Crippen molar-refractivity contribution in [3.63, 3.8) is 0 Å². The molecule has 2 aromatic rings. The number of aryl methyl sites for hydroxylation is 2. The number of hydrogen-bond donors (Lipinski definition) is 3. The van der Waals surface area contributed by atoms with Crippen LogP contribution in [0.4, 0.5) is 11.6 Å². The van der Waals surface area contributed by atoms with E-state index in [4.69, 9.17) is 5.21 Å². The molecule has 0 bridgehead atoms. The van der Waals surface area contributed by atoms with Gasteiger partial charge in [-0.25, -0.2) is 9.97 Å². The van der Waals surface area contributed by atoms with Crippen LogP contribution in [0, 0.1) is 13.8 Å². The number of amides is 1. The van der Waals surface area contributed by atoms with Crippen LogP contribution < -0.4 is 10.9 Å².